The van der Waals surface area contributed by atoms with Gasteiger partial charge in [0.1, 0.15) is 17.9 Å². The molecule has 2 N–H and O–H groups in total. The number of aromatic carboxylic acids is 1. The minimum Gasteiger partial charge on any atom is -0.488 e. The molecule has 0 amide bonds. The standard InChI is InChI=1S/C23H20ClN3O5S/c24-19-10-21(32-17-5-1-13(7-17)11-25)20(8-16(19)12-26)27-33(30,31)22-9-15(23(28)29)4-6-18(22)14-2-3-14/h4,6,8-10,13-14,17,27H,1-3,5,7H2,(H,28,29)/t13-,17-/m0/s1. The zero-order valence-corrected chi connectivity index (χ0v) is 19.0. The summed E-state index contributed by atoms with van der Waals surface area (Å²) in [6.07, 6.45) is 3.18. The number of nitriles is 2. The fraction of sp³-hybridized carbons (Fsp3) is 0.348. The molecular weight excluding hydrogens is 466 g/mol. The summed E-state index contributed by atoms with van der Waals surface area (Å²) >= 11 is 6.16. The molecule has 2 aromatic carbocycles. The molecule has 0 spiro atoms. The van der Waals surface area contributed by atoms with Crippen LogP contribution in [0.15, 0.2) is 35.2 Å². The zero-order valence-electron chi connectivity index (χ0n) is 17.4. The van der Waals surface area contributed by atoms with E-state index in [1.54, 1.807) is 0 Å². The molecular formula is C23H20ClN3O5S. The summed E-state index contributed by atoms with van der Waals surface area (Å²) in [4.78, 5) is 11.3. The second-order valence-electron chi connectivity index (χ2n) is 8.26. The lowest BCUT2D eigenvalue weighted by atomic mass is 10.1. The van der Waals surface area contributed by atoms with Gasteiger partial charge in [-0.2, -0.15) is 10.5 Å². The van der Waals surface area contributed by atoms with Crippen molar-refractivity contribution < 1.29 is 23.1 Å². The first-order valence-electron chi connectivity index (χ1n) is 10.4. The quantitative estimate of drug-likeness (QED) is 0.581. The van der Waals surface area contributed by atoms with Crippen LogP contribution in [0, 0.1) is 28.6 Å². The molecule has 0 saturated heterocycles. The lowest BCUT2D eigenvalue weighted by molar-refractivity contribution is 0.0696. The molecule has 2 saturated carbocycles. The average molecular weight is 486 g/mol. The number of halogens is 1. The van der Waals surface area contributed by atoms with Gasteiger partial charge < -0.3 is 9.84 Å². The molecule has 0 heterocycles. The van der Waals surface area contributed by atoms with Crippen LogP contribution >= 0.6 is 11.6 Å². The molecule has 2 aromatic rings. The van der Waals surface area contributed by atoms with Crippen LogP contribution in [0.25, 0.3) is 0 Å². The number of rotatable bonds is 7. The predicted molar refractivity (Wildman–Crippen MR) is 120 cm³/mol. The largest absolute Gasteiger partial charge is 0.488 e. The Morgan fingerprint density at radius 3 is 2.52 bits per heavy atom. The number of sulfonamides is 1. The highest BCUT2D eigenvalue weighted by Crippen LogP contribution is 2.44. The van der Waals surface area contributed by atoms with E-state index < -0.39 is 16.0 Å². The monoisotopic (exact) mass is 485 g/mol. The van der Waals surface area contributed by atoms with E-state index in [0.29, 0.717) is 24.8 Å². The number of anilines is 1. The highest BCUT2D eigenvalue weighted by Gasteiger charge is 2.32. The summed E-state index contributed by atoms with van der Waals surface area (Å²) in [7, 11) is -4.21. The van der Waals surface area contributed by atoms with Crippen LogP contribution < -0.4 is 9.46 Å². The molecule has 170 valence electrons. The Morgan fingerprint density at radius 1 is 1.15 bits per heavy atom. The van der Waals surface area contributed by atoms with Gasteiger partial charge in [0.05, 0.1) is 32.8 Å². The van der Waals surface area contributed by atoms with E-state index in [9.17, 15) is 23.6 Å². The SMILES string of the molecule is N#Cc1cc(NS(=O)(=O)c2cc(C(=O)O)ccc2C2CC2)c(O[C@H]2CC[C@H](C#N)C2)cc1Cl. The first-order chi connectivity index (χ1) is 15.7. The third kappa shape index (κ3) is 4.90. The minimum absolute atomic E-state index is 0.0267. The van der Waals surface area contributed by atoms with Crippen LogP contribution in [-0.2, 0) is 10.0 Å². The van der Waals surface area contributed by atoms with Gasteiger partial charge in [-0.05, 0) is 55.4 Å². The Kier molecular flexibility index (Phi) is 6.20. The van der Waals surface area contributed by atoms with E-state index in [1.807, 2.05) is 6.07 Å². The highest BCUT2D eigenvalue weighted by atomic mass is 35.5. The van der Waals surface area contributed by atoms with Crippen LogP contribution in [-0.4, -0.2) is 25.6 Å². The van der Waals surface area contributed by atoms with Crippen molar-refractivity contribution in [3.8, 4) is 17.9 Å². The second-order valence-corrected chi connectivity index (χ2v) is 10.3. The van der Waals surface area contributed by atoms with Gasteiger partial charge >= 0.3 is 5.97 Å². The van der Waals surface area contributed by atoms with E-state index in [4.69, 9.17) is 21.6 Å². The number of nitrogens with one attached hydrogen (secondary N) is 1. The summed E-state index contributed by atoms with van der Waals surface area (Å²) in [5.74, 6) is -1.17. The molecule has 2 atom stereocenters. The molecule has 8 nitrogen and oxygen atoms in total. The highest BCUT2D eigenvalue weighted by molar-refractivity contribution is 7.92. The molecule has 10 heteroatoms. The number of nitrogens with zero attached hydrogens (tertiary/aromatic N) is 2. The van der Waals surface area contributed by atoms with Gasteiger partial charge in [0.15, 0.2) is 0 Å². The third-order valence-corrected chi connectivity index (χ3v) is 7.60. The number of carboxylic acid groups (broad SMARTS) is 1. The molecule has 2 fully saturated rings. The Balaban J connectivity index is 1.72. The van der Waals surface area contributed by atoms with Gasteiger partial charge in [-0.15, -0.1) is 0 Å². The normalized spacial score (nSPS) is 20.0. The summed E-state index contributed by atoms with van der Waals surface area (Å²) < 4.78 is 35.2. The number of hydrogen-bond acceptors (Lipinski definition) is 6. The maximum atomic E-state index is 13.4. The topological polar surface area (TPSA) is 140 Å². The third-order valence-electron chi connectivity index (χ3n) is 5.86. The van der Waals surface area contributed by atoms with Crippen LogP contribution in [0.2, 0.25) is 5.02 Å². The Labute approximate surface area is 196 Å². The molecule has 0 aromatic heterocycles. The molecule has 0 radical (unpaired) electrons. The molecule has 0 aliphatic heterocycles. The van der Waals surface area contributed by atoms with Crippen molar-refractivity contribution in [2.75, 3.05) is 4.72 Å². The maximum Gasteiger partial charge on any atom is 0.335 e. The number of benzene rings is 2. The first-order valence-corrected chi connectivity index (χ1v) is 12.3. The van der Waals surface area contributed by atoms with E-state index >= 15 is 0 Å². The lowest BCUT2D eigenvalue weighted by Gasteiger charge is -2.19. The lowest BCUT2D eigenvalue weighted by Crippen LogP contribution is -2.18. The van der Waals surface area contributed by atoms with Crippen molar-refractivity contribution in [1.82, 2.24) is 0 Å². The molecule has 0 unspecified atom stereocenters. The van der Waals surface area contributed by atoms with Crippen LogP contribution in [0.5, 0.6) is 5.75 Å². The molecule has 2 aliphatic rings. The number of hydrogen-bond donors (Lipinski definition) is 2. The number of carboxylic acids is 1. The van der Waals surface area contributed by atoms with Crippen LogP contribution in [0.1, 0.15) is 59.5 Å². The maximum absolute atomic E-state index is 13.4. The van der Waals surface area contributed by atoms with Gasteiger partial charge in [-0.25, -0.2) is 13.2 Å². The Bertz CT molecular complexity index is 1310. The van der Waals surface area contributed by atoms with Crippen molar-refractivity contribution in [2.45, 2.75) is 49.0 Å². The Hall–Kier alpha value is -3.27. The molecule has 0 bridgehead atoms. The van der Waals surface area contributed by atoms with Crippen molar-refractivity contribution in [3.63, 3.8) is 0 Å². The van der Waals surface area contributed by atoms with Crippen molar-refractivity contribution in [1.29, 1.82) is 10.5 Å². The van der Waals surface area contributed by atoms with Crippen molar-refractivity contribution >= 4 is 33.3 Å². The number of carbonyl (C=O) groups is 1. The fourth-order valence-electron chi connectivity index (χ4n) is 3.99. The van der Waals surface area contributed by atoms with Gasteiger partial charge in [0.25, 0.3) is 10.0 Å². The predicted octanol–water partition coefficient (Wildman–Crippen LogP) is 4.66. The van der Waals surface area contributed by atoms with Crippen molar-refractivity contribution in [3.05, 3.63) is 52.0 Å². The summed E-state index contributed by atoms with van der Waals surface area (Å²) in [6.45, 7) is 0. The minimum atomic E-state index is -4.21. The van der Waals surface area contributed by atoms with E-state index in [1.165, 1.54) is 24.3 Å². The molecule has 2 aliphatic carbocycles. The summed E-state index contributed by atoms with van der Waals surface area (Å²) in [5, 5.41) is 28.0. The second kappa shape index (κ2) is 8.93. The molecule has 33 heavy (non-hydrogen) atoms. The summed E-state index contributed by atoms with van der Waals surface area (Å²) in [5.41, 5.74) is 0.499. The van der Waals surface area contributed by atoms with E-state index in [0.717, 1.165) is 18.9 Å². The van der Waals surface area contributed by atoms with Crippen LogP contribution in [0.3, 0.4) is 0 Å². The molecule has 4 rings (SSSR count). The smallest absolute Gasteiger partial charge is 0.335 e. The van der Waals surface area contributed by atoms with Crippen LogP contribution in [0.4, 0.5) is 5.69 Å². The van der Waals surface area contributed by atoms with Gasteiger partial charge in [0, 0.05) is 18.4 Å². The Morgan fingerprint density at radius 2 is 1.91 bits per heavy atom. The van der Waals surface area contributed by atoms with Gasteiger partial charge in [-0.1, -0.05) is 17.7 Å². The van der Waals surface area contributed by atoms with Gasteiger partial charge in [0.2, 0.25) is 0 Å². The fourth-order valence-corrected chi connectivity index (χ4v) is 5.58. The average Bonchev–Trinajstić information content (AvgIpc) is 3.53. The number of ether oxygens (including phenoxy) is 1. The van der Waals surface area contributed by atoms with Crippen molar-refractivity contribution in [2.24, 2.45) is 5.92 Å². The summed E-state index contributed by atoms with van der Waals surface area (Å²) in [6, 6.07) is 10.9. The van der Waals surface area contributed by atoms with E-state index in [-0.39, 0.29) is 50.4 Å². The first kappa shape index (κ1) is 22.9. The van der Waals surface area contributed by atoms with E-state index in [2.05, 4.69) is 10.8 Å². The zero-order chi connectivity index (χ0) is 23.8. The van der Waals surface area contributed by atoms with Gasteiger partial charge in [-0.3, -0.25) is 4.72 Å².